The van der Waals surface area contributed by atoms with Gasteiger partial charge in [0, 0.05) is 34.7 Å². The molecule has 2 amide bonds. The van der Waals surface area contributed by atoms with Crippen molar-refractivity contribution < 1.29 is 14.3 Å². The summed E-state index contributed by atoms with van der Waals surface area (Å²) in [5.74, 6) is -1.96. The van der Waals surface area contributed by atoms with E-state index >= 15 is 0 Å². The molecule has 2 unspecified atom stereocenters. The number of rotatable bonds is 5. The summed E-state index contributed by atoms with van der Waals surface area (Å²) >= 11 is 31.2. The van der Waals surface area contributed by atoms with Gasteiger partial charge in [0.1, 0.15) is 4.33 Å². The van der Waals surface area contributed by atoms with E-state index in [9.17, 15) is 9.59 Å². The molecule has 2 fully saturated rings. The number of hydrogen-bond donors (Lipinski definition) is 2. The lowest BCUT2D eigenvalue weighted by atomic mass is 10.1. The first-order valence-electron chi connectivity index (χ1n) is 9.74. The molecule has 2 aliphatic rings. The van der Waals surface area contributed by atoms with Gasteiger partial charge in [-0.05, 0) is 42.0 Å². The van der Waals surface area contributed by atoms with Crippen LogP contribution in [-0.4, -0.2) is 47.5 Å². The van der Waals surface area contributed by atoms with Gasteiger partial charge in [-0.15, -0.1) is 23.2 Å². The smallest absolute Gasteiger partial charge is 0.267 e. The Balaban J connectivity index is 1.47. The Bertz CT molecular complexity index is 1040. The first-order chi connectivity index (χ1) is 15.2. The second kappa shape index (κ2) is 9.55. The molecule has 0 spiro atoms. The molecule has 2 aromatic rings. The van der Waals surface area contributed by atoms with Gasteiger partial charge in [0.15, 0.2) is 0 Å². The maximum atomic E-state index is 12.9. The fourth-order valence-corrected chi connectivity index (χ4v) is 5.27. The molecular formula is C21H18Cl5N3O3. The fraction of sp³-hybridized carbons (Fsp3) is 0.333. The maximum absolute atomic E-state index is 12.9. The van der Waals surface area contributed by atoms with E-state index in [1.807, 2.05) is 0 Å². The van der Waals surface area contributed by atoms with Crippen LogP contribution in [0.15, 0.2) is 36.4 Å². The summed E-state index contributed by atoms with van der Waals surface area (Å²) in [5.41, 5.74) is 4.09. The molecule has 2 N–H and O–H groups in total. The van der Waals surface area contributed by atoms with Crippen LogP contribution in [-0.2, 0) is 9.53 Å². The summed E-state index contributed by atoms with van der Waals surface area (Å²) in [7, 11) is 0. The topological polar surface area (TPSA) is 70.7 Å². The maximum Gasteiger partial charge on any atom is 0.267 e. The Hall–Kier alpha value is -1.25. The lowest BCUT2D eigenvalue weighted by Gasteiger charge is -2.27. The molecule has 1 saturated heterocycles. The van der Waals surface area contributed by atoms with Crippen LogP contribution < -0.4 is 10.7 Å². The van der Waals surface area contributed by atoms with Gasteiger partial charge in [0.05, 0.1) is 29.7 Å². The van der Waals surface area contributed by atoms with Gasteiger partial charge < -0.3 is 10.1 Å². The molecular weight excluding hydrogens is 520 g/mol. The third kappa shape index (κ3) is 5.12. The van der Waals surface area contributed by atoms with Crippen molar-refractivity contribution >= 4 is 75.5 Å². The third-order valence-corrected chi connectivity index (χ3v) is 7.04. The molecule has 4 rings (SSSR count). The van der Waals surface area contributed by atoms with Crippen LogP contribution in [0.4, 0.5) is 5.69 Å². The number of halogens is 5. The van der Waals surface area contributed by atoms with Gasteiger partial charge in [-0.1, -0.05) is 34.8 Å². The van der Waals surface area contributed by atoms with Crippen LogP contribution in [0.3, 0.4) is 0 Å². The van der Waals surface area contributed by atoms with E-state index in [0.717, 1.165) is 0 Å². The Labute approximate surface area is 210 Å². The van der Waals surface area contributed by atoms with Crippen LogP contribution in [0.25, 0.3) is 0 Å². The summed E-state index contributed by atoms with van der Waals surface area (Å²) in [5, 5.41) is 5.64. The number of morpholine rings is 1. The first kappa shape index (κ1) is 23.9. The average Bonchev–Trinajstić information content (AvgIpc) is 3.31. The van der Waals surface area contributed by atoms with Crippen molar-refractivity contribution in [1.82, 2.24) is 10.4 Å². The molecule has 170 valence electrons. The number of carbonyl (C=O) groups excluding carboxylic acids is 2. The van der Waals surface area contributed by atoms with Crippen molar-refractivity contribution in [1.29, 1.82) is 0 Å². The van der Waals surface area contributed by atoms with Crippen molar-refractivity contribution in [3.63, 3.8) is 0 Å². The number of ether oxygens (including phenoxy) is 1. The minimum atomic E-state index is -1.30. The summed E-state index contributed by atoms with van der Waals surface area (Å²) in [6.07, 6.45) is 0. The van der Waals surface area contributed by atoms with Crippen LogP contribution in [0.1, 0.15) is 21.8 Å². The molecule has 1 aliphatic carbocycles. The third-order valence-electron chi connectivity index (χ3n) is 5.33. The summed E-state index contributed by atoms with van der Waals surface area (Å²) in [6, 6.07) is 9.60. The number of nitrogens with zero attached hydrogens (tertiary/aromatic N) is 1. The summed E-state index contributed by atoms with van der Waals surface area (Å²) in [6.45, 7) is 2.21. The second-order valence-corrected chi connectivity index (χ2v) is 10.3. The van der Waals surface area contributed by atoms with Gasteiger partial charge in [-0.25, -0.2) is 5.01 Å². The molecule has 6 nitrogen and oxygen atoms in total. The lowest BCUT2D eigenvalue weighted by Crippen LogP contribution is -2.48. The molecule has 1 heterocycles. The van der Waals surface area contributed by atoms with Crippen molar-refractivity contribution in [3.05, 3.63) is 62.6 Å². The van der Waals surface area contributed by atoms with E-state index in [4.69, 9.17) is 62.7 Å². The predicted octanol–water partition coefficient (Wildman–Crippen LogP) is 5.15. The molecule has 32 heavy (non-hydrogen) atoms. The van der Waals surface area contributed by atoms with E-state index < -0.39 is 22.1 Å². The molecule has 0 radical (unpaired) electrons. The Morgan fingerprint density at radius 1 is 1.00 bits per heavy atom. The highest BCUT2D eigenvalue weighted by Crippen LogP contribution is 2.65. The number of carbonyl (C=O) groups is 2. The highest BCUT2D eigenvalue weighted by Gasteiger charge is 2.67. The van der Waals surface area contributed by atoms with E-state index in [0.29, 0.717) is 47.6 Å². The number of alkyl halides is 2. The number of nitrogens with one attached hydrogen (secondary N) is 2. The average molecular weight is 538 g/mol. The van der Waals surface area contributed by atoms with Gasteiger partial charge in [-0.2, -0.15) is 0 Å². The lowest BCUT2D eigenvalue weighted by molar-refractivity contribution is -0.117. The number of benzene rings is 2. The predicted molar refractivity (Wildman–Crippen MR) is 127 cm³/mol. The van der Waals surface area contributed by atoms with Gasteiger partial charge in [-0.3, -0.25) is 15.0 Å². The zero-order valence-electron chi connectivity index (χ0n) is 16.5. The zero-order valence-corrected chi connectivity index (χ0v) is 20.3. The zero-order chi connectivity index (χ0) is 23.0. The molecule has 0 bridgehead atoms. The van der Waals surface area contributed by atoms with Gasteiger partial charge in [0.25, 0.3) is 5.91 Å². The van der Waals surface area contributed by atoms with Crippen LogP contribution >= 0.6 is 58.0 Å². The standard InChI is InChI=1S/C21H18Cl5N3O3/c22-12-7-11(8-13(23)9-12)17-18(21(17,25)26)20(31)27-14-1-2-16(24)15(10-14)19(30)28-29-3-5-32-6-4-29/h1-2,7-10,17-18H,3-6H2,(H,27,31)(H,28,30). The van der Waals surface area contributed by atoms with Crippen molar-refractivity contribution in [2.45, 2.75) is 10.3 Å². The van der Waals surface area contributed by atoms with Crippen molar-refractivity contribution in [3.8, 4) is 0 Å². The molecule has 2 aromatic carbocycles. The molecule has 1 aliphatic heterocycles. The summed E-state index contributed by atoms with van der Waals surface area (Å²) in [4.78, 5) is 25.6. The van der Waals surface area contributed by atoms with Gasteiger partial charge in [0.2, 0.25) is 5.91 Å². The number of amides is 2. The monoisotopic (exact) mass is 535 g/mol. The van der Waals surface area contributed by atoms with Crippen molar-refractivity contribution in [2.24, 2.45) is 5.92 Å². The van der Waals surface area contributed by atoms with Crippen LogP contribution in [0.2, 0.25) is 15.1 Å². The number of anilines is 1. The largest absolute Gasteiger partial charge is 0.379 e. The van der Waals surface area contributed by atoms with E-state index in [2.05, 4.69) is 10.7 Å². The normalized spacial score (nSPS) is 22.3. The molecule has 0 aromatic heterocycles. The van der Waals surface area contributed by atoms with Crippen LogP contribution in [0.5, 0.6) is 0 Å². The second-order valence-electron chi connectivity index (χ2n) is 7.56. The Morgan fingerprint density at radius 2 is 1.66 bits per heavy atom. The Morgan fingerprint density at radius 3 is 2.31 bits per heavy atom. The number of hydrazine groups is 1. The van der Waals surface area contributed by atoms with E-state index in [1.54, 1.807) is 35.3 Å². The minimum absolute atomic E-state index is 0.230. The minimum Gasteiger partial charge on any atom is -0.379 e. The number of hydrogen-bond acceptors (Lipinski definition) is 4. The molecule has 2 atom stereocenters. The molecule has 11 heteroatoms. The molecule has 1 saturated carbocycles. The summed E-state index contributed by atoms with van der Waals surface area (Å²) < 4.78 is 3.97. The highest BCUT2D eigenvalue weighted by atomic mass is 35.5. The van der Waals surface area contributed by atoms with Crippen LogP contribution in [0, 0.1) is 5.92 Å². The SMILES string of the molecule is O=C(NN1CCOCC1)c1cc(NC(=O)C2C(c3cc(Cl)cc(Cl)c3)C2(Cl)Cl)ccc1Cl. The van der Waals surface area contributed by atoms with Gasteiger partial charge >= 0.3 is 0 Å². The quantitative estimate of drug-likeness (QED) is 0.518. The Kier molecular flexibility index (Phi) is 7.13. The van der Waals surface area contributed by atoms with E-state index in [-0.39, 0.29) is 16.5 Å². The van der Waals surface area contributed by atoms with Crippen molar-refractivity contribution in [2.75, 3.05) is 31.6 Å². The fourth-order valence-electron chi connectivity index (χ4n) is 3.70. The van der Waals surface area contributed by atoms with E-state index in [1.165, 1.54) is 6.07 Å². The first-order valence-corrected chi connectivity index (χ1v) is 11.6. The highest BCUT2D eigenvalue weighted by molar-refractivity contribution is 6.53.